The molecule has 2 rings (SSSR count). The number of benzene rings is 1. The Balaban J connectivity index is 2.56. The second-order valence-corrected chi connectivity index (χ2v) is 8.53. The van der Waals surface area contributed by atoms with Crippen LogP contribution >= 0.6 is 0 Å². The fourth-order valence-electron chi connectivity index (χ4n) is 3.78. The Labute approximate surface area is 190 Å². The maximum Gasteiger partial charge on any atom is 0.286 e. The average molecular weight is 441 g/mol. The third-order valence-electron chi connectivity index (χ3n) is 5.31. The summed E-state index contributed by atoms with van der Waals surface area (Å²) in [5.74, 6) is -0.480. The van der Waals surface area contributed by atoms with Crippen LogP contribution in [0.2, 0.25) is 0 Å². The first kappa shape index (κ1) is 25.5. The quantitative estimate of drug-likeness (QED) is 0.275. The molecule has 32 heavy (non-hydrogen) atoms. The van der Waals surface area contributed by atoms with Crippen LogP contribution < -0.4 is 0 Å². The molecule has 5 nitrogen and oxygen atoms in total. The summed E-state index contributed by atoms with van der Waals surface area (Å²) in [4.78, 5) is 26.3. The fraction of sp³-hybridized carbons (Fsp3) is 0.462. The van der Waals surface area contributed by atoms with E-state index in [0.717, 1.165) is 46.5 Å². The molecule has 6 heteroatoms. The number of ether oxygens (including phenoxy) is 1. The lowest BCUT2D eigenvalue weighted by molar-refractivity contribution is -0.118. The zero-order valence-electron chi connectivity index (χ0n) is 19.7. The van der Waals surface area contributed by atoms with Crippen molar-refractivity contribution in [2.24, 2.45) is 5.18 Å². The molecule has 172 valence electrons. The maximum absolute atomic E-state index is 13.7. The van der Waals surface area contributed by atoms with Crippen molar-refractivity contribution in [1.29, 1.82) is 0 Å². The number of carbonyl (C=O) groups is 1. The minimum Gasteiger partial charge on any atom is -0.380 e. The van der Waals surface area contributed by atoms with E-state index in [2.05, 4.69) is 45.0 Å². The molecule has 0 fully saturated rings. The number of pyridine rings is 1. The molecule has 1 amide bonds. The third kappa shape index (κ3) is 6.63. The standard InChI is InChI=1S/C26H33FN2O3/c1-17(2)25-21(10-8-6-7-9-11-23(30)29-31)24(19-12-14-20(27)15-13-19)22(16-32-5)26(28-25)18(3)4/h8,10,12-15,17-18H,6-7,9,11,16H2,1-5H3/b10-8+. The number of unbranched alkanes of at least 4 members (excludes halogenated alkanes) is 2. The second kappa shape index (κ2) is 12.3. The molecule has 0 bridgehead atoms. The van der Waals surface area contributed by atoms with E-state index in [-0.39, 0.29) is 24.1 Å². The number of carbonyl (C=O) groups excluding carboxylic acids is 1. The molecule has 1 heterocycles. The Morgan fingerprint density at radius 3 is 2.31 bits per heavy atom. The number of hydrogen-bond acceptors (Lipinski definition) is 4. The van der Waals surface area contributed by atoms with Gasteiger partial charge >= 0.3 is 0 Å². The zero-order valence-corrected chi connectivity index (χ0v) is 19.7. The predicted molar refractivity (Wildman–Crippen MR) is 127 cm³/mol. The smallest absolute Gasteiger partial charge is 0.286 e. The molecule has 0 aliphatic carbocycles. The molecule has 0 atom stereocenters. The predicted octanol–water partition coefficient (Wildman–Crippen LogP) is 7.15. The van der Waals surface area contributed by atoms with Gasteiger partial charge in [0.15, 0.2) is 0 Å². The summed E-state index contributed by atoms with van der Waals surface area (Å²) in [5.41, 5.74) is 5.95. The summed E-state index contributed by atoms with van der Waals surface area (Å²) in [6, 6.07) is 6.55. The van der Waals surface area contributed by atoms with E-state index >= 15 is 0 Å². The van der Waals surface area contributed by atoms with E-state index < -0.39 is 5.91 Å². The normalized spacial score (nSPS) is 11.6. The molecule has 0 N–H and O–H groups in total. The molecule has 0 aliphatic heterocycles. The van der Waals surface area contributed by atoms with Crippen LogP contribution in [-0.2, 0) is 16.1 Å². The van der Waals surface area contributed by atoms with Crippen LogP contribution in [0.5, 0.6) is 0 Å². The number of nitroso groups, excluding NO2 is 1. The van der Waals surface area contributed by atoms with Crippen molar-refractivity contribution < 1.29 is 13.9 Å². The molecule has 2 aromatic rings. The van der Waals surface area contributed by atoms with Gasteiger partial charge in [0.05, 0.1) is 12.3 Å². The number of aromatic nitrogens is 1. The summed E-state index contributed by atoms with van der Waals surface area (Å²) >= 11 is 0. The molecule has 1 aromatic carbocycles. The van der Waals surface area contributed by atoms with E-state index in [1.54, 1.807) is 19.2 Å². The van der Waals surface area contributed by atoms with Gasteiger partial charge in [-0.3, -0.25) is 9.78 Å². The van der Waals surface area contributed by atoms with E-state index in [4.69, 9.17) is 9.72 Å². The molecular weight excluding hydrogens is 407 g/mol. The number of rotatable bonds is 11. The number of amides is 1. The van der Waals surface area contributed by atoms with Crippen LogP contribution in [0.25, 0.3) is 17.2 Å². The van der Waals surface area contributed by atoms with Crippen LogP contribution in [0, 0.1) is 10.7 Å². The van der Waals surface area contributed by atoms with Gasteiger partial charge in [-0.05, 0) is 54.4 Å². The molecule has 0 spiro atoms. The summed E-state index contributed by atoms with van der Waals surface area (Å²) in [7, 11) is 1.67. The molecule has 0 unspecified atom stereocenters. The Morgan fingerprint density at radius 2 is 1.75 bits per heavy atom. The number of halogens is 1. The minimum atomic E-state index is -0.604. The van der Waals surface area contributed by atoms with Gasteiger partial charge in [-0.1, -0.05) is 52.0 Å². The van der Waals surface area contributed by atoms with Crippen molar-refractivity contribution in [3.05, 3.63) is 63.6 Å². The maximum atomic E-state index is 13.7. The summed E-state index contributed by atoms with van der Waals surface area (Å²) in [5, 5.41) is 2.43. The van der Waals surface area contributed by atoms with Crippen LogP contribution in [0.4, 0.5) is 4.39 Å². The Morgan fingerprint density at radius 1 is 1.09 bits per heavy atom. The van der Waals surface area contributed by atoms with Gasteiger partial charge in [0, 0.05) is 35.5 Å². The van der Waals surface area contributed by atoms with Crippen LogP contribution in [0.15, 0.2) is 35.5 Å². The van der Waals surface area contributed by atoms with Crippen molar-refractivity contribution in [2.45, 2.75) is 71.8 Å². The number of hydrogen-bond donors (Lipinski definition) is 0. The zero-order chi connectivity index (χ0) is 23.7. The minimum absolute atomic E-state index is 0.179. The Kier molecular flexibility index (Phi) is 9.85. The van der Waals surface area contributed by atoms with Crippen LogP contribution in [0.1, 0.15) is 87.7 Å². The third-order valence-corrected chi connectivity index (χ3v) is 5.31. The monoisotopic (exact) mass is 440 g/mol. The van der Waals surface area contributed by atoms with Crippen molar-refractivity contribution in [2.75, 3.05) is 7.11 Å². The van der Waals surface area contributed by atoms with Crippen LogP contribution in [-0.4, -0.2) is 18.0 Å². The average Bonchev–Trinajstić information content (AvgIpc) is 2.76. The highest BCUT2D eigenvalue weighted by Gasteiger charge is 2.22. The highest BCUT2D eigenvalue weighted by atomic mass is 19.1. The number of nitrogens with zero attached hydrogens (tertiary/aromatic N) is 2. The van der Waals surface area contributed by atoms with E-state index in [0.29, 0.717) is 13.0 Å². The van der Waals surface area contributed by atoms with Gasteiger partial charge in [0.1, 0.15) is 5.82 Å². The lowest BCUT2D eigenvalue weighted by atomic mass is 9.87. The van der Waals surface area contributed by atoms with Crippen molar-refractivity contribution in [1.82, 2.24) is 4.98 Å². The first-order valence-electron chi connectivity index (χ1n) is 11.1. The van der Waals surface area contributed by atoms with Gasteiger partial charge < -0.3 is 4.74 Å². The molecule has 0 saturated carbocycles. The molecule has 1 aromatic heterocycles. The SMILES string of the molecule is COCc1c(C(C)C)nc(C(C)C)c(/C=C/CCCCC(=O)N=O)c1-c1ccc(F)cc1. The van der Waals surface area contributed by atoms with Gasteiger partial charge in [-0.15, -0.1) is 4.91 Å². The van der Waals surface area contributed by atoms with Gasteiger partial charge in [-0.2, -0.15) is 0 Å². The van der Waals surface area contributed by atoms with E-state index in [9.17, 15) is 14.1 Å². The Hall–Kier alpha value is -2.73. The largest absolute Gasteiger partial charge is 0.380 e. The van der Waals surface area contributed by atoms with Crippen LogP contribution in [0.3, 0.4) is 0 Å². The van der Waals surface area contributed by atoms with Gasteiger partial charge in [-0.25, -0.2) is 4.39 Å². The Bertz CT molecular complexity index is 951. The number of allylic oxidation sites excluding steroid dienone is 1. The molecule has 0 radical (unpaired) electrons. The molecule has 0 aliphatic rings. The van der Waals surface area contributed by atoms with E-state index in [1.165, 1.54) is 12.1 Å². The summed E-state index contributed by atoms with van der Waals surface area (Å²) < 4.78 is 19.2. The highest BCUT2D eigenvalue weighted by molar-refractivity contribution is 5.80. The lowest BCUT2D eigenvalue weighted by Crippen LogP contribution is -2.11. The number of methoxy groups -OCH3 is 1. The summed E-state index contributed by atoms with van der Waals surface area (Å²) in [6.45, 7) is 8.88. The van der Waals surface area contributed by atoms with Crippen molar-refractivity contribution >= 4 is 12.0 Å². The molecule has 0 saturated heterocycles. The second-order valence-electron chi connectivity index (χ2n) is 8.53. The first-order valence-corrected chi connectivity index (χ1v) is 11.1. The summed E-state index contributed by atoms with van der Waals surface area (Å²) in [6.07, 6.45) is 6.49. The van der Waals surface area contributed by atoms with Crippen molar-refractivity contribution in [3.63, 3.8) is 0 Å². The van der Waals surface area contributed by atoms with Gasteiger partial charge in [0.2, 0.25) is 0 Å². The lowest BCUT2D eigenvalue weighted by Gasteiger charge is -2.23. The highest BCUT2D eigenvalue weighted by Crippen LogP contribution is 2.37. The van der Waals surface area contributed by atoms with Gasteiger partial charge in [0.25, 0.3) is 5.91 Å². The topological polar surface area (TPSA) is 68.6 Å². The molecular formula is C26H33FN2O3. The van der Waals surface area contributed by atoms with Crippen molar-refractivity contribution in [3.8, 4) is 11.1 Å². The first-order chi connectivity index (χ1) is 15.3. The van der Waals surface area contributed by atoms with E-state index in [1.807, 2.05) is 0 Å². The fourth-order valence-corrected chi connectivity index (χ4v) is 3.78.